The summed E-state index contributed by atoms with van der Waals surface area (Å²) in [6, 6.07) is 6.20. The fourth-order valence-electron chi connectivity index (χ4n) is 3.16. The second kappa shape index (κ2) is 5.70. The summed E-state index contributed by atoms with van der Waals surface area (Å²) in [6.07, 6.45) is -0.442. The molecule has 0 spiro atoms. The average molecular weight is 336 g/mol. The highest BCUT2D eigenvalue weighted by molar-refractivity contribution is 6.31. The second-order valence-corrected chi connectivity index (χ2v) is 5.93. The van der Waals surface area contributed by atoms with Crippen LogP contribution in [0, 0.1) is 27.4 Å². The lowest BCUT2D eigenvalue weighted by Crippen LogP contribution is -2.41. The van der Waals surface area contributed by atoms with Gasteiger partial charge in [-0.05, 0) is 18.6 Å². The Kier molecular flexibility index (Phi) is 3.85. The van der Waals surface area contributed by atoms with E-state index in [4.69, 9.17) is 22.1 Å². The van der Waals surface area contributed by atoms with Crippen molar-refractivity contribution in [1.82, 2.24) is 10.9 Å². The number of fused-ring (bicyclic) bond motifs is 1. The maximum absolute atomic E-state index is 11.1. The predicted octanol–water partition coefficient (Wildman–Crippen LogP) is 1.49. The Morgan fingerprint density at radius 3 is 2.87 bits per heavy atom. The third-order valence-corrected chi connectivity index (χ3v) is 4.59. The molecule has 1 aromatic carbocycles. The van der Waals surface area contributed by atoms with E-state index in [9.17, 15) is 15.4 Å². The lowest BCUT2D eigenvalue weighted by Gasteiger charge is -2.35. The molecule has 2 aliphatic rings. The number of hydrogen-bond acceptors (Lipinski definition) is 7. The first-order valence-corrected chi connectivity index (χ1v) is 7.33. The first kappa shape index (κ1) is 15.6. The minimum atomic E-state index is -0.497. The number of nitro benzene ring substituents is 1. The summed E-state index contributed by atoms with van der Waals surface area (Å²) in [5, 5.41) is 20.9. The molecule has 1 fully saturated rings. The van der Waals surface area contributed by atoms with Crippen LogP contribution in [0.15, 0.2) is 29.7 Å². The summed E-state index contributed by atoms with van der Waals surface area (Å²) in [7, 11) is 0. The van der Waals surface area contributed by atoms with Gasteiger partial charge < -0.3 is 10.5 Å². The number of rotatable bonds is 2. The molecule has 23 heavy (non-hydrogen) atoms. The monoisotopic (exact) mass is 335 g/mol. The number of hydrazine groups is 1. The molecule has 4 N–H and O–H groups in total. The Morgan fingerprint density at radius 1 is 1.48 bits per heavy atom. The zero-order valence-corrected chi connectivity index (χ0v) is 12.9. The Morgan fingerprint density at radius 2 is 2.22 bits per heavy atom. The number of halogens is 1. The molecule has 2 aliphatic heterocycles. The van der Waals surface area contributed by atoms with Crippen LogP contribution in [0.1, 0.15) is 18.4 Å². The highest BCUT2D eigenvalue weighted by atomic mass is 35.5. The average Bonchev–Trinajstić information content (AvgIpc) is 2.87. The van der Waals surface area contributed by atoms with E-state index in [1.807, 2.05) is 6.92 Å². The van der Waals surface area contributed by atoms with Crippen LogP contribution in [0.5, 0.6) is 0 Å². The van der Waals surface area contributed by atoms with Gasteiger partial charge in [-0.2, -0.15) is 5.26 Å². The van der Waals surface area contributed by atoms with Gasteiger partial charge in [0, 0.05) is 35.0 Å². The zero-order valence-electron chi connectivity index (χ0n) is 12.1. The minimum Gasteiger partial charge on any atom is -0.458 e. The molecule has 120 valence electrons. The Hall–Kier alpha value is -2.34. The number of nitrogens with zero attached hydrogens (tertiary/aromatic N) is 2. The molecule has 4 atom stereocenters. The van der Waals surface area contributed by atoms with Gasteiger partial charge in [-0.15, -0.1) is 0 Å². The van der Waals surface area contributed by atoms with Crippen LogP contribution >= 0.6 is 11.6 Å². The van der Waals surface area contributed by atoms with Gasteiger partial charge in [0.15, 0.2) is 6.23 Å². The number of nitriles is 1. The van der Waals surface area contributed by atoms with Crippen molar-refractivity contribution in [1.29, 1.82) is 5.26 Å². The molecule has 0 aromatic heterocycles. The van der Waals surface area contributed by atoms with E-state index in [0.29, 0.717) is 10.6 Å². The molecule has 3 rings (SSSR count). The molecule has 9 heteroatoms. The van der Waals surface area contributed by atoms with Crippen molar-refractivity contribution in [2.24, 2.45) is 11.7 Å². The molecule has 8 nitrogen and oxygen atoms in total. The van der Waals surface area contributed by atoms with E-state index in [1.54, 1.807) is 0 Å². The Labute approximate surface area is 137 Å². The third kappa shape index (κ3) is 2.49. The third-order valence-electron chi connectivity index (χ3n) is 4.24. The van der Waals surface area contributed by atoms with Crippen LogP contribution < -0.4 is 16.6 Å². The van der Waals surface area contributed by atoms with Crippen molar-refractivity contribution in [3.05, 3.63) is 50.4 Å². The lowest BCUT2D eigenvalue weighted by atomic mass is 9.76. The Balaban J connectivity index is 2.18. The second-order valence-electron chi connectivity index (χ2n) is 5.52. The fraction of sp³-hybridized carbons (Fsp3) is 0.357. The lowest BCUT2D eigenvalue weighted by molar-refractivity contribution is -0.384. The highest BCUT2D eigenvalue weighted by Gasteiger charge is 2.47. The number of hydrogen-bond donors (Lipinski definition) is 3. The summed E-state index contributed by atoms with van der Waals surface area (Å²) in [6.45, 7) is 1.93. The number of nitrogens with one attached hydrogen (secondary N) is 2. The normalized spacial score (nSPS) is 29.6. The van der Waals surface area contributed by atoms with Crippen molar-refractivity contribution in [3.63, 3.8) is 0 Å². The largest absolute Gasteiger partial charge is 0.458 e. The van der Waals surface area contributed by atoms with E-state index < -0.39 is 17.1 Å². The van der Waals surface area contributed by atoms with Crippen LogP contribution in [0.4, 0.5) is 5.69 Å². The quantitative estimate of drug-likeness (QED) is 0.552. The van der Waals surface area contributed by atoms with Gasteiger partial charge in [-0.25, -0.2) is 5.43 Å². The van der Waals surface area contributed by atoms with Crippen molar-refractivity contribution < 1.29 is 9.66 Å². The van der Waals surface area contributed by atoms with Gasteiger partial charge in [0.05, 0.1) is 10.5 Å². The zero-order chi connectivity index (χ0) is 16.7. The fourth-order valence-corrected chi connectivity index (χ4v) is 3.39. The maximum atomic E-state index is 11.1. The number of benzene rings is 1. The molecular weight excluding hydrogens is 322 g/mol. The van der Waals surface area contributed by atoms with Gasteiger partial charge >= 0.3 is 0 Å². The number of ether oxygens (including phenoxy) is 1. The molecule has 0 saturated carbocycles. The summed E-state index contributed by atoms with van der Waals surface area (Å²) in [4.78, 5) is 10.6. The Bertz CT molecular complexity index is 744. The molecule has 1 saturated heterocycles. The summed E-state index contributed by atoms with van der Waals surface area (Å²) < 4.78 is 5.54. The standard InChI is InChI=1S/C14H14ClN5O3/c1-6-11-12(8-4-7(20(21)22)2-3-10(8)15)9(5-16)13(17)23-14(11)19-18-6/h2-4,6,11-12,14,18-19H,17H2,1H3. The maximum Gasteiger partial charge on any atom is 0.269 e. The summed E-state index contributed by atoms with van der Waals surface area (Å²) in [5.41, 5.74) is 12.5. The van der Waals surface area contributed by atoms with Gasteiger partial charge in [-0.3, -0.25) is 15.5 Å². The van der Waals surface area contributed by atoms with Gasteiger partial charge in [0.1, 0.15) is 6.07 Å². The van der Waals surface area contributed by atoms with E-state index >= 15 is 0 Å². The van der Waals surface area contributed by atoms with E-state index in [0.717, 1.165) is 0 Å². The molecule has 0 radical (unpaired) electrons. The molecule has 0 bridgehead atoms. The molecule has 1 aromatic rings. The van der Waals surface area contributed by atoms with Crippen molar-refractivity contribution in [2.75, 3.05) is 0 Å². The number of allylic oxidation sites excluding steroid dienone is 1. The van der Waals surface area contributed by atoms with Crippen molar-refractivity contribution in [3.8, 4) is 6.07 Å². The summed E-state index contributed by atoms with van der Waals surface area (Å²) >= 11 is 6.27. The van der Waals surface area contributed by atoms with Crippen LogP contribution in [-0.4, -0.2) is 17.2 Å². The first-order valence-electron chi connectivity index (χ1n) is 6.95. The summed E-state index contributed by atoms with van der Waals surface area (Å²) in [5.74, 6) is -0.676. The molecule has 4 unspecified atom stereocenters. The topological polar surface area (TPSA) is 126 Å². The first-order chi connectivity index (χ1) is 10.9. The number of non-ortho nitro benzene ring substituents is 1. The smallest absolute Gasteiger partial charge is 0.269 e. The molecule has 2 heterocycles. The van der Waals surface area contributed by atoms with E-state index in [1.165, 1.54) is 18.2 Å². The van der Waals surface area contributed by atoms with E-state index in [2.05, 4.69) is 16.9 Å². The van der Waals surface area contributed by atoms with E-state index in [-0.39, 0.29) is 29.1 Å². The van der Waals surface area contributed by atoms with Gasteiger partial charge in [0.2, 0.25) is 5.88 Å². The van der Waals surface area contributed by atoms with Crippen LogP contribution in [0.2, 0.25) is 5.02 Å². The van der Waals surface area contributed by atoms with Crippen molar-refractivity contribution in [2.45, 2.75) is 25.1 Å². The van der Waals surface area contributed by atoms with Crippen molar-refractivity contribution >= 4 is 17.3 Å². The van der Waals surface area contributed by atoms with Crippen LogP contribution in [-0.2, 0) is 4.74 Å². The van der Waals surface area contributed by atoms with Crippen LogP contribution in [0.3, 0.4) is 0 Å². The SMILES string of the molecule is CC1NNC2OC(N)=C(C#N)C(c3cc([N+](=O)[O-])ccc3Cl)C12. The van der Waals surface area contributed by atoms with Gasteiger partial charge in [-0.1, -0.05) is 11.6 Å². The number of nitrogens with two attached hydrogens (primary N) is 1. The predicted molar refractivity (Wildman–Crippen MR) is 81.8 cm³/mol. The molecular formula is C14H14ClN5O3. The molecule has 0 aliphatic carbocycles. The molecule has 0 amide bonds. The highest BCUT2D eigenvalue weighted by Crippen LogP contribution is 2.45. The minimum absolute atomic E-state index is 0.00437. The van der Waals surface area contributed by atoms with Crippen LogP contribution in [0.25, 0.3) is 0 Å². The van der Waals surface area contributed by atoms with Gasteiger partial charge in [0.25, 0.3) is 5.69 Å². The number of nitro groups is 1.